The van der Waals surface area contributed by atoms with Crippen LogP contribution in [0.1, 0.15) is 25.0 Å². The quantitative estimate of drug-likeness (QED) is 0.770. The van der Waals surface area contributed by atoms with E-state index in [4.69, 9.17) is 18.0 Å². The zero-order valence-electron chi connectivity index (χ0n) is 10.8. The van der Waals surface area contributed by atoms with Crippen LogP contribution in [0.2, 0.25) is 0 Å². The number of amides is 1. The van der Waals surface area contributed by atoms with Gasteiger partial charge in [-0.1, -0.05) is 12.2 Å². The molecule has 0 spiro atoms. The van der Waals surface area contributed by atoms with Gasteiger partial charge in [0.1, 0.15) is 16.7 Å². The summed E-state index contributed by atoms with van der Waals surface area (Å²) in [5.41, 5.74) is 6.16. The van der Waals surface area contributed by atoms with Crippen LogP contribution in [-0.2, 0) is 4.79 Å². The van der Waals surface area contributed by atoms with Crippen molar-refractivity contribution in [3.63, 3.8) is 0 Å². The van der Waals surface area contributed by atoms with Gasteiger partial charge in [0, 0.05) is 26.0 Å². The SMILES string of the molecule is CNC(=O)C1CCCCN1c1nccnc1C(N)=S. The molecule has 2 heterocycles. The summed E-state index contributed by atoms with van der Waals surface area (Å²) in [5, 5.41) is 2.69. The number of thiocarbonyl (C=S) groups is 1. The van der Waals surface area contributed by atoms with Gasteiger partial charge in [-0.3, -0.25) is 4.79 Å². The summed E-state index contributed by atoms with van der Waals surface area (Å²) >= 11 is 5.00. The number of piperidine rings is 1. The Morgan fingerprint density at radius 3 is 2.89 bits per heavy atom. The number of nitrogens with one attached hydrogen (secondary N) is 1. The van der Waals surface area contributed by atoms with E-state index in [2.05, 4.69) is 15.3 Å². The Balaban J connectivity index is 2.37. The van der Waals surface area contributed by atoms with E-state index in [1.165, 1.54) is 0 Å². The van der Waals surface area contributed by atoms with E-state index >= 15 is 0 Å². The van der Waals surface area contributed by atoms with Crippen molar-refractivity contribution in [2.75, 3.05) is 18.5 Å². The van der Waals surface area contributed by atoms with Gasteiger partial charge in [0.25, 0.3) is 0 Å². The van der Waals surface area contributed by atoms with Gasteiger partial charge in [0.2, 0.25) is 5.91 Å². The molecule has 1 aliphatic heterocycles. The molecule has 0 bridgehead atoms. The minimum absolute atomic E-state index is 0.0146. The number of rotatable bonds is 3. The molecule has 1 fully saturated rings. The van der Waals surface area contributed by atoms with Gasteiger partial charge in [-0.05, 0) is 19.3 Å². The van der Waals surface area contributed by atoms with Crippen molar-refractivity contribution in [3.05, 3.63) is 18.1 Å². The zero-order valence-corrected chi connectivity index (χ0v) is 11.6. The molecule has 102 valence electrons. The van der Waals surface area contributed by atoms with E-state index < -0.39 is 0 Å². The Morgan fingerprint density at radius 1 is 1.47 bits per heavy atom. The van der Waals surface area contributed by atoms with Crippen molar-refractivity contribution in [1.29, 1.82) is 0 Å². The maximum Gasteiger partial charge on any atom is 0.242 e. The lowest BCUT2D eigenvalue weighted by Crippen LogP contribution is -2.49. The molecule has 1 atom stereocenters. The van der Waals surface area contributed by atoms with Crippen molar-refractivity contribution >= 4 is 28.9 Å². The molecule has 1 aromatic rings. The van der Waals surface area contributed by atoms with E-state index in [0.29, 0.717) is 11.5 Å². The minimum Gasteiger partial charge on any atom is -0.388 e. The Hall–Kier alpha value is -1.76. The highest BCUT2D eigenvalue weighted by Gasteiger charge is 2.31. The average molecular weight is 279 g/mol. The molecule has 3 N–H and O–H groups in total. The highest BCUT2D eigenvalue weighted by Crippen LogP contribution is 2.25. The first-order chi connectivity index (χ1) is 9.15. The monoisotopic (exact) mass is 279 g/mol. The Bertz CT molecular complexity index is 493. The summed E-state index contributed by atoms with van der Waals surface area (Å²) in [6, 6.07) is -0.233. The Labute approximate surface area is 117 Å². The third kappa shape index (κ3) is 2.81. The fourth-order valence-corrected chi connectivity index (χ4v) is 2.48. The van der Waals surface area contributed by atoms with Gasteiger partial charge in [0.15, 0.2) is 5.82 Å². The Kier molecular flexibility index (Phi) is 4.26. The van der Waals surface area contributed by atoms with E-state index in [1.807, 2.05) is 4.90 Å². The molecule has 6 nitrogen and oxygen atoms in total. The van der Waals surface area contributed by atoms with Gasteiger partial charge in [-0.15, -0.1) is 0 Å². The number of hydrogen-bond acceptors (Lipinski definition) is 5. The van der Waals surface area contributed by atoms with Crippen LogP contribution >= 0.6 is 12.2 Å². The van der Waals surface area contributed by atoms with E-state index in [9.17, 15) is 4.79 Å². The zero-order chi connectivity index (χ0) is 13.8. The predicted octanol–water partition coefficient (Wildman–Crippen LogP) is 0.216. The molecule has 0 saturated carbocycles. The number of anilines is 1. The van der Waals surface area contributed by atoms with E-state index in [1.54, 1.807) is 19.4 Å². The van der Waals surface area contributed by atoms with Gasteiger partial charge in [0.05, 0.1) is 0 Å². The Morgan fingerprint density at radius 2 is 2.21 bits per heavy atom. The molecule has 19 heavy (non-hydrogen) atoms. The number of aromatic nitrogens is 2. The number of nitrogens with two attached hydrogens (primary N) is 1. The largest absolute Gasteiger partial charge is 0.388 e. The van der Waals surface area contributed by atoms with Crippen LogP contribution < -0.4 is 16.0 Å². The molecule has 1 saturated heterocycles. The first kappa shape index (κ1) is 13.7. The summed E-state index contributed by atoms with van der Waals surface area (Å²) < 4.78 is 0. The van der Waals surface area contributed by atoms with Crippen molar-refractivity contribution in [3.8, 4) is 0 Å². The molecule has 1 unspecified atom stereocenters. The maximum atomic E-state index is 12.0. The molecule has 1 aliphatic rings. The third-order valence-electron chi connectivity index (χ3n) is 3.24. The van der Waals surface area contributed by atoms with E-state index in [-0.39, 0.29) is 16.9 Å². The van der Waals surface area contributed by atoms with Crippen molar-refractivity contribution in [2.24, 2.45) is 5.73 Å². The summed E-state index contributed by atoms with van der Waals surface area (Å²) in [7, 11) is 1.64. The second-order valence-corrected chi connectivity index (χ2v) is 4.85. The van der Waals surface area contributed by atoms with Crippen LogP contribution in [-0.4, -0.2) is 40.5 Å². The van der Waals surface area contributed by atoms with Crippen LogP contribution in [0.3, 0.4) is 0 Å². The van der Waals surface area contributed by atoms with Crippen LogP contribution in [0.25, 0.3) is 0 Å². The lowest BCUT2D eigenvalue weighted by atomic mass is 10.0. The van der Waals surface area contributed by atoms with Crippen molar-refractivity contribution in [2.45, 2.75) is 25.3 Å². The van der Waals surface area contributed by atoms with Gasteiger partial charge >= 0.3 is 0 Å². The number of nitrogens with zero attached hydrogens (tertiary/aromatic N) is 3. The maximum absolute atomic E-state index is 12.0. The minimum atomic E-state index is -0.233. The summed E-state index contributed by atoms with van der Waals surface area (Å²) in [5.74, 6) is 0.586. The second kappa shape index (κ2) is 5.92. The third-order valence-corrected chi connectivity index (χ3v) is 3.43. The highest BCUT2D eigenvalue weighted by atomic mass is 32.1. The summed E-state index contributed by atoms with van der Waals surface area (Å²) in [6.07, 6.45) is 5.98. The van der Waals surface area contributed by atoms with Crippen LogP contribution in [0.15, 0.2) is 12.4 Å². The van der Waals surface area contributed by atoms with Gasteiger partial charge < -0.3 is 16.0 Å². The molecular weight excluding hydrogens is 262 g/mol. The molecular formula is C12H17N5OS. The highest BCUT2D eigenvalue weighted by molar-refractivity contribution is 7.80. The standard InChI is InChI=1S/C12H17N5OS/c1-14-12(18)8-4-2-3-7-17(8)11-9(10(13)19)15-5-6-16-11/h5-6,8H,2-4,7H2,1H3,(H2,13,19)(H,14,18). The van der Waals surface area contributed by atoms with Crippen LogP contribution in [0, 0.1) is 0 Å². The van der Waals surface area contributed by atoms with Crippen LogP contribution in [0.4, 0.5) is 5.82 Å². The second-order valence-electron chi connectivity index (χ2n) is 4.41. The van der Waals surface area contributed by atoms with Gasteiger partial charge in [-0.25, -0.2) is 9.97 Å². The molecule has 1 aromatic heterocycles. The first-order valence-corrected chi connectivity index (χ1v) is 6.65. The first-order valence-electron chi connectivity index (χ1n) is 6.24. The van der Waals surface area contributed by atoms with Crippen LogP contribution in [0.5, 0.6) is 0 Å². The predicted molar refractivity (Wildman–Crippen MR) is 77.0 cm³/mol. The number of carbonyl (C=O) groups excluding carboxylic acids is 1. The lowest BCUT2D eigenvalue weighted by Gasteiger charge is -2.35. The smallest absolute Gasteiger partial charge is 0.242 e. The van der Waals surface area contributed by atoms with E-state index in [0.717, 1.165) is 25.8 Å². The number of carbonyl (C=O) groups is 1. The summed E-state index contributed by atoms with van der Waals surface area (Å²) in [6.45, 7) is 0.756. The van der Waals surface area contributed by atoms with Crippen molar-refractivity contribution < 1.29 is 4.79 Å². The number of hydrogen-bond donors (Lipinski definition) is 2. The molecule has 7 heteroatoms. The molecule has 0 aromatic carbocycles. The van der Waals surface area contributed by atoms with Gasteiger partial charge in [-0.2, -0.15) is 0 Å². The normalized spacial score (nSPS) is 19.0. The fourth-order valence-electron chi connectivity index (χ4n) is 2.34. The van der Waals surface area contributed by atoms with Crippen molar-refractivity contribution in [1.82, 2.24) is 15.3 Å². The molecule has 2 rings (SSSR count). The topological polar surface area (TPSA) is 84.1 Å². The summed E-state index contributed by atoms with van der Waals surface area (Å²) in [4.78, 5) is 22.6. The average Bonchev–Trinajstić information content (AvgIpc) is 2.46. The number of likely N-dealkylation sites (N-methyl/N-ethyl adjacent to an activating group) is 1. The molecule has 0 radical (unpaired) electrons. The molecule has 0 aliphatic carbocycles. The fraction of sp³-hybridized carbons (Fsp3) is 0.500. The molecule has 1 amide bonds. The lowest BCUT2D eigenvalue weighted by molar-refractivity contribution is -0.122.